The Labute approximate surface area is 119 Å². The van der Waals surface area contributed by atoms with E-state index < -0.39 is 11.5 Å². The highest BCUT2D eigenvalue weighted by Gasteiger charge is 2.39. The summed E-state index contributed by atoms with van der Waals surface area (Å²) in [7, 11) is 1.31. The maximum absolute atomic E-state index is 12.0. The fourth-order valence-electron chi connectivity index (χ4n) is 2.44. The number of nitrogens with one attached hydrogen (secondary N) is 2. The first-order valence-electron chi connectivity index (χ1n) is 7.16. The largest absolute Gasteiger partial charge is 0.469 e. The predicted molar refractivity (Wildman–Crippen MR) is 73.9 cm³/mol. The van der Waals surface area contributed by atoms with Gasteiger partial charge in [-0.1, -0.05) is 19.8 Å². The van der Waals surface area contributed by atoms with E-state index in [1.165, 1.54) is 7.11 Å². The average Bonchev–Trinajstić information content (AvgIpc) is 2.38. The number of rotatable bonds is 7. The van der Waals surface area contributed by atoms with Gasteiger partial charge in [-0.25, -0.2) is 0 Å². The van der Waals surface area contributed by atoms with E-state index in [1.807, 2.05) is 0 Å². The van der Waals surface area contributed by atoms with E-state index in [-0.39, 0.29) is 24.7 Å². The maximum Gasteiger partial charge on any atom is 0.307 e. The normalized spacial score (nSPS) is 22.0. The van der Waals surface area contributed by atoms with Crippen molar-refractivity contribution < 1.29 is 19.1 Å². The molecular weight excluding hydrogens is 260 g/mol. The number of methoxy groups -OCH3 is 1. The Morgan fingerprint density at radius 3 is 2.75 bits per heavy atom. The summed E-state index contributed by atoms with van der Waals surface area (Å²) in [5, 5.41) is 5.60. The second kappa shape index (κ2) is 7.87. The van der Waals surface area contributed by atoms with Gasteiger partial charge in [0, 0.05) is 13.0 Å². The van der Waals surface area contributed by atoms with Crippen molar-refractivity contribution in [2.24, 2.45) is 0 Å². The quantitative estimate of drug-likeness (QED) is 0.537. The van der Waals surface area contributed by atoms with Crippen molar-refractivity contribution in [1.82, 2.24) is 10.6 Å². The van der Waals surface area contributed by atoms with E-state index >= 15 is 0 Å². The lowest BCUT2D eigenvalue weighted by Crippen LogP contribution is -2.57. The van der Waals surface area contributed by atoms with Crippen molar-refractivity contribution >= 4 is 17.8 Å². The number of hydrogen-bond donors (Lipinski definition) is 2. The molecule has 2 N–H and O–H groups in total. The summed E-state index contributed by atoms with van der Waals surface area (Å²) in [5.74, 6) is -0.653. The standard InChI is InChI=1S/C14H24N2O4/c1-3-4-5-6-11(17)16-14(10-13(19)20-2)7-8-15-12(18)9-14/h3-10H2,1-2H3,(H,15,18)(H,16,17). The minimum atomic E-state index is -0.793. The van der Waals surface area contributed by atoms with Gasteiger partial charge in [0.1, 0.15) is 0 Å². The highest BCUT2D eigenvalue weighted by atomic mass is 16.5. The third-order valence-corrected chi connectivity index (χ3v) is 3.55. The lowest BCUT2D eigenvalue weighted by molar-refractivity contribution is -0.143. The summed E-state index contributed by atoms with van der Waals surface area (Å²) in [6, 6.07) is 0. The third-order valence-electron chi connectivity index (χ3n) is 3.55. The van der Waals surface area contributed by atoms with Gasteiger partial charge in [-0.2, -0.15) is 0 Å². The zero-order chi connectivity index (χ0) is 15.0. The van der Waals surface area contributed by atoms with Crippen LogP contribution in [0.3, 0.4) is 0 Å². The van der Waals surface area contributed by atoms with E-state index in [9.17, 15) is 14.4 Å². The molecule has 1 rings (SSSR count). The fourth-order valence-corrected chi connectivity index (χ4v) is 2.44. The summed E-state index contributed by atoms with van der Waals surface area (Å²) in [6.45, 7) is 2.53. The van der Waals surface area contributed by atoms with Crippen molar-refractivity contribution in [2.45, 2.75) is 57.4 Å². The van der Waals surface area contributed by atoms with Crippen molar-refractivity contribution in [1.29, 1.82) is 0 Å². The molecule has 0 radical (unpaired) electrons. The highest BCUT2D eigenvalue weighted by molar-refractivity contribution is 5.83. The third kappa shape index (κ3) is 5.19. The molecule has 0 bridgehead atoms. The van der Waals surface area contributed by atoms with Crippen LogP contribution in [0.2, 0.25) is 0 Å². The molecule has 1 unspecified atom stereocenters. The Morgan fingerprint density at radius 2 is 2.15 bits per heavy atom. The molecule has 1 atom stereocenters. The second-order valence-electron chi connectivity index (χ2n) is 5.32. The molecule has 1 aliphatic heterocycles. The van der Waals surface area contributed by atoms with E-state index in [4.69, 9.17) is 0 Å². The lowest BCUT2D eigenvalue weighted by atomic mass is 9.84. The molecule has 6 heteroatoms. The van der Waals surface area contributed by atoms with Gasteiger partial charge >= 0.3 is 5.97 Å². The van der Waals surface area contributed by atoms with Gasteiger partial charge in [-0.05, 0) is 12.8 Å². The summed E-state index contributed by atoms with van der Waals surface area (Å²) in [5.41, 5.74) is -0.793. The molecule has 0 aromatic rings. The number of esters is 1. The van der Waals surface area contributed by atoms with E-state index in [0.717, 1.165) is 19.3 Å². The number of carbonyl (C=O) groups is 3. The van der Waals surface area contributed by atoms with Gasteiger partial charge in [-0.15, -0.1) is 0 Å². The van der Waals surface area contributed by atoms with Crippen LogP contribution in [0.5, 0.6) is 0 Å². The minimum absolute atomic E-state index is 0.0381. The summed E-state index contributed by atoms with van der Waals surface area (Å²) in [6.07, 6.45) is 4.01. The minimum Gasteiger partial charge on any atom is -0.469 e. The summed E-state index contributed by atoms with van der Waals surface area (Å²) < 4.78 is 4.67. The Balaban J connectivity index is 2.64. The number of piperidine rings is 1. The van der Waals surface area contributed by atoms with Crippen molar-refractivity contribution in [3.05, 3.63) is 0 Å². The first kappa shape index (κ1) is 16.5. The van der Waals surface area contributed by atoms with Crippen LogP contribution in [-0.2, 0) is 19.1 Å². The van der Waals surface area contributed by atoms with Gasteiger partial charge in [0.25, 0.3) is 0 Å². The molecule has 1 saturated heterocycles. The zero-order valence-electron chi connectivity index (χ0n) is 12.3. The zero-order valence-corrected chi connectivity index (χ0v) is 12.3. The van der Waals surface area contributed by atoms with Crippen LogP contribution in [0.15, 0.2) is 0 Å². The van der Waals surface area contributed by atoms with Crippen LogP contribution in [-0.4, -0.2) is 37.0 Å². The molecular formula is C14H24N2O4. The van der Waals surface area contributed by atoms with Crippen LogP contribution in [0, 0.1) is 0 Å². The number of carbonyl (C=O) groups excluding carboxylic acids is 3. The highest BCUT2D eigenvalue weighted by Crippen LogP contribution is 2.24. The van der Waals surface area contributed by atoms with Crippen LogP contribution >= 0.6 is 0 Å². The molecule has 114 valence electrons. The molecule has 0 aliphatic carbocycles. The number of unbranched alkanes of at least 4 members (excludes halogenated alkanes) is 2. The summed E-state index contributed by atoms with van der Waals surface area (Å²) >= 11 is 0. The molecule has 1 heterocycles. The first-order chi connectivity index (χ1) is 9.51. The van der Waals surface area contributed by atoms with Gasteiger partial charge in [0.2, 0.25) is 11.8 Å². The van der Waals surface area contributed by atoms with Crippen LogP contribution in [0.1, 0.15) is 51.9 Å². The van der Waals surface area contributed by atoms with Gasteiger partial charge in [0.05, 0.1) is 25.5 Å². The molecule has 2 amide bonds. The number of ether oxygens (including phenoxy) is 1. The monoisotopic (exact) mass is 284 g/mol. The van der Waals surface area contributed by atoms with E-state index in [2.05, 4.69) is 22.3 Å². The lowest BCUT2D eigenvalue weighted by Gasteiger charge is -2.36. The number of hydrogen-bond acceptors (Lipinski definition) is 4. The van der Waals surface area contributed by atoms with Gasteiger partial charge in [0.15, 0.2) is 0 Å². The molecule has 1 aliphatic rings. The van der Waals surface area contributed by atoms with E-state index in [1.54, 1.807) is 0 Å². The van der Waals surface area contributed by atoms with Crippen LogP contribution in [0.4, 0.5) is 0 Å². The van der Waals surface area contributed by atoms with Gasteiger partial charge in [-0.3, -0.25) is 14.4 Å². The van der Waals surface area contributed by atoms with Gasteiger partial charge < -0.3 is 15.4 Å². The Hall–Kier alpha value is -1.59. The average molecular weight is 284 g/mol. The summed E-state index contributed by atoms with van der Waals surface area (Å²) in [4.78, 5) is 35.1. The molecule has 0 saturated carbocycles. The first-order valence-corrected chi connectivity index (χ1v) is 7.16. The molecule has 0 spiro atoms. The Morgan fingerprint density at radius 1 is 1.40 bits per heavy atom. The molecule has 20 heavy (non-hydrogen) atoms. The second-order valence-corrected chi connectivity index (χ2v) is 5.32. The van der Waals surface area contributed by atoms with Crippen molar-refractivity contribution in [2.75, 3.05) is 13.7 Å². The molecule has 6 nitrogen and oxygen atoms in total. The maximum atomic E-state index is 12.0. The molecule has 0 aromatic heterocycles. The van der Waals surface area contributed by atoms with Crippen molar-refractivity contribution in [3.8, 4) is 0 Å². The number of amides is 2. The topological polar surface area (TPSA) is 84.5 Å². The fraction of sp³-hybridized carbons (Fsp3) is 0.786. The smallest absolute Gasteiger partial charge is 0.307 e. The SMILES string of the molecule is CCCCCC(=O)NC1(CC(=O)OC)CCNC(=O)C1. The molecule has 1 fully saturated rings. The Bertz CT molecular complexity index is 370. The molecule has 0 aromatic carbocycles. The predicted octanol–water partition coefficient (Wildman–Crippen LogP) is 0.895. The Kier molecular flexibility index (Phi) is 6.48. The van der Waals surface area contributed by atoms with Crippen molar-refractivity contribution in [3.63, 3.8) is 0 Å². The van der Waals surface area contributed by atoms with Crippen LogP contribution in [0.25, 0.3) is 0 Å². The van der Waals surface area contributed by atoms with Crippen LogP contribution < -0.4 is 10.6 Å². The van der Waals surface area contributed by atoms with E-state index in [0.29, 0.717) is 19.4 Å².